The summed E-state index contributed by atoms with van der Waals surface area (Å²) in [6.07, 6.45) is 1.25. The highest BCUT2D eigenvalue weighted by atomic mass is 32.2. The molecule has 0 amide bonds. The van der Waals surface area contributed by atoms with Gasteiger partial charge in [-0.3, -0.25) is 0 Å². The van der Waals surface area contributed by atoms with Gasteiger partial charge in [-0.05, 0) is 30.9 Å². The molecular formula is C16H24O2S. The van der Waals surface area contributed by atoms with E-state index >= 15 is 0 Å². The molecule has 0 bridgehead atoms. The Morgan fingerprint density at radius 1 is 1.16 bits per heavy atom. The third-order valence-electron chi connectivity index (χ3n) is 2.87. The zero-order chi connectivity index (χ0) is 14.6. The molecule has 2 atom stereocenters. The summed E-state index contributed by atoms with van der Waals surface area (Å²) >= 11 is 0. The van der Waals surface area contributed by atoms with E-state index < -0.39 is 16.9 Å². The minimum Gasteiger partial charge on any atom is -0.388 e. The van der Waals surface area contributed by atoms with Crippen molar-refractivity contribution in [1.82, 2.24) is 0 Å². The van der Waals surface area contributed by atoms with E-state index in [0.717, 1.165) is 10.5 Å². The summed E-state index contributed by atoms with van der Waals surface area (Å²) in [6.45, 7) is 9.93. The summed E-state index contributed by atoms with van der Waals surface area (Å²) in [4.78, 5) is 1.37. The van der Waals surface area contributed by atoms with Gasteiger partial charge in [-0.25, -0.2) is 4.21 Å². The van der Waals surface area contributed by atoms with E-state index in [9.17, 15) is 9.32 Å². The van der Waals surface area contributed by atoms with Crippen molar-refractivity contribution in [2.45, 2.75) is 45.6 Å². The molecule has 1 N–H and O–H groups in total. The Hall–Kier alpha value is -0.930. The van der Waals surface area contributed by atoms with Gasteiger partial charge in [-0.1, -0.05) is 51.5 Å². The number of hydrogen-bond acceptors (Lipinski definition) is 2. The summed E-state index contributed by atoms with van der Waals surface area (Å²) < 4.78 is 12.6. The summed E-state index contributed by atoms with van der Waals surface area (Å²) in [7, 11) is -1.29. The molecule has 19 heavy (non-hydrogen) atoms. The molecule has 0 aliphatic carbocycles. The topological polar surface area (TPSA) is 37.3 Å². The average Bonchev–Trinajstić information content (AvgIpc) is 2.35. The molecule has 0 saturated heterocycles. The first kappa shape index (κ1) is 16.1. The van der Waals surface area contributed by atoms with Crippen molar-refractivity contribution < 1.29 is 9.32 Å². The van der Waals surface area contributed by atoms with Crippen molar-refractivity contribution in [3.63, 3.8) is 0 Å². The SMILES string of the molecule is Cc1ccc(S(=O)/C(=C\C(C)C)[C@H](O)C(C)C)cc1. The van der Waals surface area contributed by atoms with E-state index in [0.29, 0.717) is 4.91 Å². The Morgan fingerprint density at radius 3 is 2.11 bits per heavy atom. The fourth-order valence-electron chi connectivity index (χ4n) is 1.73. The molecule has 0 radical (unpaired) electrons. The number of aliphatic hydroxyl groups is 1. The second-order valence-electron chi connectivity index (χ2n) is 5.58. The van der Waals surface area contributed by atoms with Crippen molar-refractivity contribution >= 4 is 10.8 Å². The van der Waals surface area contributed by atoms with E-state index in [-0.39, 0.29) is 11.8 Å². The number of rotatable bonds is 5. The summed E-state index contributed by atoms with van der Waals surface area (Å²) in [5.41, 5.74) is 1.14. The van der Waals surface area contributed by atoms with E-state index in [4.69, 9.17) is 0 Å². The number of benzene rings is 1. The van der Waals surface area contributed by atoms with Crippen LogP contribution < -0.4 is 0 Å². The molecule has 0 heterocycles. The lowest BCUT2D eigenvalue weighted by atomic mass is 10.0. The zero-order valence-corrected chi connectivity index (χ0v) is 13.2. The first-order chi connectivity index (χ1) is 8.82. The molecule has 1 aromatic rings. The van der Waals surface area contributed by atoms with Crippen LogP contribution in [0.15, 0.2) is 40.1 Å². The van der Waals surface area contributed by atoms with Gasteiger partial charge in [0.2, 0.25) is 0 Å². The maximum Gasteiger partial charge on any atom is 0.0896 e. The molecule has 0 aliphatic heterocycles. The van der Waals surface area contributed by atoms with E-state index in [1.807, 2.05) is 65.0 Å². The van der Waals surface area contributed by atoms with Crippen LogP contribution in [0.3, 0.4) is 0 Å². The van der Waals surface area contributed by atoms with Gasteiger partial charge in [-0.2, -0.15) is 0 Å². The summed E-state index contributed by atoms with van der Waals surface area (Å²) in [5, 5.41) is 10.3. The van der Waals surface area contributed by atoms with Gasteiger partial charge in [0.25, 0.3) is 0 Å². The predicted octanol–water partition coefficient (Wildman–Crippen LogP) is 3.66. The summed E-state index contributed by atoms with van der Waals surface area (Å²) in [6, 6.07) is 7.63. The van der Waals surface area contributed by atoms with Gasteiger partial charge in [-0.15, -0.1) is 0 Å². The zero-order valence-electron chi connectivity index (χ0n) is 12.4. The van der Waals surface area contributed by atoms with Crippen LogP contribution >= 0.6 is 0 Å². The third-order valence-corrected chi connectivity index (χ3v) is 4.38. The standard InChI is InChI=1S/C16H24O2S/c1-11(2)10-15(16(17)12(3)4)19(18)14-8-6-13(5)7-9-14/h6-12,16-17H,1-5H3/b15-10-/t16-,19?/m1/s1. The van der Waals surface area contributed by atoms with Gasteiger partial charge >= 0.3 is 0 Å². The van der Waals surface area contributed by atoms with Gasteiger partial charge in [0, 0.05) is 9.80 Å². The second-order valence-corrected chi connectivity index (χ2v) is 7.06. The van der Waals surface area contributed by atoms with Crippen LogP contribution in [0, 0.1) is 18.8 Å². The summed E-state index contributed by atoms with van der Waals surface area (Å²) in [5.74, 6) is 0.317. The van der Waals surface area contributed by atoms with E-state index in [1.54, 1.807) is 0 Å². The number of hydrogen-bond donors (Lipinski definition) is 1. The average molecular weight is 280 g/mol. The molecule has 3 heteroatoms. The molecule has 106 valence electrons. The lowest BCUT2D eigenvalue weighted by Gasteiger charge is -2.19. The maximum atomic E-state index is 12.6. The molecular weight excluding hydrogens is 256 g/mol. The van der Waals surface area contributed by atoms with Crippen molar-refractivity contribution in [2.75, 3.05) is 0 Å². The number of allylic oxidation sites excluding steroid dienone is 1. The quantitative estimate of drug-likeness (QED) is 0.893. The van der Waals surface area contributed by atoms with E-state index in [1.165, 1.54) is 0 Å². The Morgan fingerprint density at radius 2 is 1.68 bits per heavy atom. The van der Waals surface area contributed by atoms with Gasteiger partial charge in [0.05, 0.1) is 16.9 Å². The van der Waals surface area contributed by atoms with Crippen LogP contribution in [0.5, 0.6) is 0 Å². The maximum absolute atomic E-state index is 12.6. The van der Waals surface area contributed by atoms with Crippen molar-refractivity contribution in [3.8, 4) is 0 Å². The molecule has 1 aromatic carbocycles. The molecule has 0 fully saturated rings. The van der Waals surface area contributed by atoms with Gasteiger partial charge in [0.15, 0.2) is 0 Å². The van der Waals surface area contributed by atoms with Gasteiger partial charge in [0.1, 0.15) is 0 Å². The van der Waals surface area contributed by atoms with Crippen LogP contribution in [-0.4, -0.2) is 15.4 Å². The van der Waals surface area contributed by atoms with Crippen LogP contribution in [0.4, 0.5) is 0 Å². The highest BCUT2D eigenvalue weighted by Crippen LogP contribution is 2.23. The lowest BCUT2D eigenvalue weighted by molar-refractivity contribution is 0.167. The lowest BCUT2D eigenvalue weighted by Crippen LogP contribution is -2.21. The number of aliphatic hydroxyl groups excluding tert-OH is 1. The Bertz CT molecular complexity index is 458. The fraction of sp³-hybridized carbons (Fsp3) is 0.500. The highest BCUT2D eigenvalue weighted by molar-refractivity contribution is 7.89. The van der Waals surface area contributed by atoms with Gasteiger partial charge < -0.3 is 5.11 Å². The largest absolute Gasteiger partial charge is 0.388 e. The minimum atomic E-state index is -1.29. The molecule has 0 aromatic heterocycles. The van der Waals surface area contributed by atoms with E-state index in [2.05, 4.69) is 0 Å². The Kier molecular flexibility index (Phi) is 5.95. The highest BCUT2D eigenvalue weighted by Gasteiger charge is 2.22. The van der Waals surface area contributed by atoms with Crippen molar-refractivity contribution in [2.24, 2.45) is 11.8 Å². The number of aryl methyl sites for hydroxylation is 1. The first-order valence-corrected chi connectivity index (χ1v) is 7.86. The predicted molar refractivity (Wildman–Crippen MR) is 81.4 cm³/mol. The van der Waals surface area contributed by atoms with Crippen LogP contribution in [-0.2, 0) is 10.8 Å². The third kappa shape index (κ3) is 4.59. The molecule has 2 nitrogen and oxygen atoms in total. The molecule has 0 saturated carbocycles. The van der Waals surface area contributed by atoms with Crippen molar-refractivity contribution in [1.29, 1.82) is 0 Å². The normalized spacial score (nSPS) is 15.9. The first-order valence-electron chi connectivity index (χ1n) is 6.71. The smallest absolute Gasteiger partial charge is 0.0896 e. The minimum absolute atomic E-state index is 0.0550. The second kappa shape index (κ2) is 7.01. The molecule has 1 unspecified atom stereocenters. The fourth-order valence-corrected chi connectivity index (χ4v) is 3.27. The monoisotopic (exact) mass is 280 g/mol. The molecule has 0 spiro atoms. The Labute approximate surface area is 119 Å². The van der Waals surface area contributed by atoms with Crippen LogP contribution in [0.1, 0.15) is 33.3 Å². The van der Waals surface area contributed by atoms with Crippen LogP contribution in [0.25, 0.3) is 0 Å². The van der Waals surface area contributed by atoms with Crippen LogP contribution in [0.2, 0.25) is 0 Å². The molecule has 1 rings (SSSR count). The molecule has 0 aliphatic rings. The van der Waals surface area contributed by atoms with Crippen molar-refractivity contribution in [3.05, 3.63) is 40.8 Å². The Balaban J connectivity index is 3.11.